The van der Waals surface area contributed by atoms with Gasteiger partial charge in [-0.15, -0.1) is 0 Å². The van der Waals surface area contributed by atoms with Crippen LogP contribution < -0.4 is 11.1 Å². The Morgan fingerprint density at radius 2 is 2.14 bits per heavy atom. The lowest BCUT2D eigenvalue weighted by molar-refractivity contribution is -0.124. The third-order valence-electron chi connectivity index (χ3n) is 4.13. The van der Waals surface area contributed by atoms with E-state index in [4.69, 9.17) is 5.73 Å². The summed E-state index contributed by atoms with van der Waals surface area (Å²) in [5.41, 5.74) is 7.78. The van der Waals surface area contributed by atoms with Gasteiger partial charge in [0.25, 0.3) is 0 Å². The van der Waals surface area contributed by atoms with Crippen LogP contribution in [0.3, 0.4) is 0 Å². The van der Waals surface area contributed by atoms with E-state index in [9.17, 15) is 4.79 Å². The molecule has 116 valence electrons. The quantitative estimate of drug-likeness (QED) is 0.690. The van der Waals surface area contributed by atoms with Crippen molar-refractivity contribution in [1.82, 2.24) is 5.32 Å². The molecule has 1 atom stereocenters. The summed E-state index contributed by atoms with van der Waals surface area (Å²) in [4.78, 5) is 11.7. The molecule has 0 bridgehead atoms. The van der Waals surface area contributed by atoms with Crippen molar-refractivity contribution in [2.45, 2.75) is 56.9 Å². The highest BCUT2D eigenvalue weighted by Gasteiger charge is 2.36. The molecule has 1 aromatic carbocycles. The van der Waals surface area contributed by atoms with Crippen molar-refractivity contribution in [2.75, 3.05) is 5.75 Å². The number of rotatable bonds is 9. The van der Waals surface area contributed by atoms with Gasteiger partial charge in [0.15, 0.2) is 0 Å². The van der Waals surface area contributed by atoms with Crippen LogP contribution in [0.4, 0.5) is 0 Å². The van der Waals surface area contributed by atoms with Gasteiger partial charge in [-0.3, -0.25) is 4.79 Å². The molecule has 0 aliphatic heterocycles. The van der Waals surface area contributed by atoms with Crippen LogP contribution in [0.5, 0.6) is 0 Å². The summed E-state index contributed by atoms with van der Waals surface area (Å²) in [7, 11) is 0. The number of benzene rings is 1. The number of carbonyl (C=O) groups is 1. The van der Waals surface area contributed by atoms with Gasteiger partial charge in [-0.05, 0) is 56.4 Å². The molecule has 1 saturated carbocycles. The molecule has 0 saturated heterocycles. The molecule has 1 unspecified atom stereocenters. The number of hydrogen-bond acceptors (Lipinski definition) is 3. The lowest BCUT2D eigenvalue weighted by Crippen LogP contribution is -2.54. The molecule has 0 spiro atoms. The SMILES string of the molecule is Cc1ccccc1CSCCCC(C)(NC1CC1)C(N)=O. The Morgan fingerprint density at radius 1 is 1.43 bits per heavy atom. The molecule has 4 heteroatoms. The predicted octanol–water partition coefficient (Wildman–Crippen LogP) is 3.00. The molecule has 21 heavy (non-hydrogen) atoms. The first kappa shape index (κ1) is 16.4. The molecule has 1 aliphatic carbocycles. The zero-order valence-electron chi connectivity index (χ0n) is 13.0. The van der Waals surface area contributed by atoms with Crippen LogP contribution in [0.1, 0.15) is 43.7 Å². The Bertz CT molecular complexity index is 487. The van der Waals surface area contributed by atoms with Crippen molar-refractivity contribution in [2.24, 2.45) is 5.73 Å². The lowest BCUT2D eigenvalue weighted by Gasteiger charge is -2.27. The second kappa shape index (κ2) is 7.32. The lowest BCUT2D eigenvalue weighted by atomic mass is 9.95. The number of thioether (sulfide) groups is 1. The van der Waals surface area contributed by atoms with Gasteiger partial charge in [-0.1, -0.05) is 24.3 Å². The van der Waals surface area contributed by atoms with E-state index in [1.165, 1.54) is 24.0 Å². The van der Waals surface area contributed by atoms with Crippen LogP contribution in [0.25, 0.3) is 0 Å². The molecule has 1 amide bonds. The summed E-state index contributed by atoms with van der Waals surface area (Å²) in [5, 5.41) is 3.40. The molecular weight excluding hydrogens is 280 g/mol. The van der Waals surface area contributed by atoms with Gasteiger partial charge in [-0.25, -0.2) is 0 Å². The van der Waals surface area contributed by atoms with Crippen LogP contribution in [0.2, 0.25) is 0 Å². The van der Waals surface area contributed by atoms with Gasteiger partial charge < -0.3 is 11.1 Å². The number of aryl methyl sites for hydroxylation is 1. The van der Waals surface area contributed by atoms with Crippen molar-refractivity contribution >= 4 is 17.7 Å². The summed E-state index contributed by atoms with van der Waals surface area (Å²) < 4.78 is 0. The molecule has 1 fully saturated rings. The first-order valence-electron chi connectivity index (χ1n) is 7.71. The van der Waals surface area contributed by atoms with Crippen molar-refractivity contribution in [3.63, 3.8) is 0 Å². The second-order valence-electron chi connectivity index (χ2n) is 6.20. The van der Waals surface area contributed by atoms with Crippen LogP contribution in [-0.4, -0.2) is 23.2 Å². The standard InChI is InChI=1S/C17H26N2OS/c1-13-6-3-4-7-14(13)12-21-11-5-10-17(2,16(18)20)19-15-8-9-15/h3-4,6-7,15,19H,5,8-12H2,1-2H3,(H2,18,20). The summed E-state index contributed by atoms with van der Waals surface area (Å²) >= 11 is 1.93. The van der Waals surface area contributed by atoms with E-state index in [-0.39, 0.29) is 5.91 Å². The first-order valence-corrected chi connectivity index (χ1v) is 8.86. The highest BCUT2D eigenvalue weighted by atomic mass is 32.2. The van der Waals surface area contributed by atoms with Crippen molar-refractivity contribution in [3.8, 4) is 0 Å². The Kier molecular flexibility index (Phi) is 5.71. The average molecular weight is 306 g/mol. The number of hydrogen-bond donors (Lipinski definition) is 2. The highest BCUT2D eigenvalue weighted by Crippen LogP contribution is 2.25. The Balaban J connectivity index is 1.70. The third kappa shape index (κ3) is 5.04. The zero-order chi connectivity index (χ0) is 15.3. The average Bonchev–Trinajstić information content (AvgIpc) is 3.24. The van der Waals surface area contributed by atoms with E-state index in [1.54, 1.807) is 0 Å². The number of amides is 1. The van der Waals surface area contributed by atoms with Gasteiger partial charge in [0, 0.05) is 11.8 Å². The zero-order valence-corrected chi connectivity index (χ0v) is 13.8. The fourth-order valence-electron chi connectivity index (χ4n) is 2.43. The van der Waals surface area contributed by atoms with E-state index in [0.717, 1.165) is 24.3 Å². The molecule has 0 aromatic heterocycles. The maximum absolute atomic E-state index is 11.7. The van der Waals surface area contributed by atoms with Gasteiger partial charge >= 0.3 is 0 Å². The maximum atomic E-state index is 11.7. The molecule has 1 aromatic rings. The minimum atomic E-state index is -0.537. The van der Waals surface area contributed by atoms with E-state index < -0.39 is 5.54 Å². The highest BCUT2D eigenvalue weighted by molar-refractivity contribution is 7.98. The Labute approximate surface area is 132 Å². The first-order chi connectivity index (χ1) is 10.0. The van der Waals surface area contributed by atoms with E-state index in [0.29, 0.717) is 6.04 Å². The van der Waals surface area contributed by atoms with Gasteiger partial charge in [0.1, 0.15) is 0 Å². The van der Waals surface area contributed by atoms with Gasteiger partial charge in [0.05, 0.1) is 5.54 Å². The molecule has 3 nitrogen and oxygen atoms in total. The number of nitrogens with two attached hydrogens (primary N) is 1. The third-order valence-corrected chi connectivity index (χ3v) is 5.22. The summed E-state index contributed by atoms with van der Waals surface area (Å²) in [6, 6.07) is 9.00. The summed E-state index contributed by atoms with van der Waals surface area (Å²) in [5.74, 6) is 1.87. The number of primary amides is 1. The van der Waals surface area contributed by atoms with Crippen LogP contribution >= 0.6 is 11.8 Å². The van der Waals surface area contributed by atoms with Crippen LogP contribution in [0.15, 0.2) is 24.3 Å². The largest absolute Gasteiger partial charge is 0.368 e. The molecular formula is C17H26N2OS. The normalized spacial score (nSPS) is 17.4. The topological polar surface area (TPSA) is 55.1 Å². The fraction of sp³-hybridized carbons (Fsp3) is 0.588. The monoisotopic (exact) mass is 306 g/mol. The predicted molar refractivity (Wildman–Crippen MR) is 90.3 cm³/mol. The summed E-state index contributed by atoms with van der Waals surface area (Å²) in [6.45, 7) is 4.10. The minimum absolute atomic E-state index is 0.224. The smallest absolute Gasteiger partial charge is 0.237 e. The van der Waals surface area contributed by atoms with Crippen molar-refractivity contribution in [1.29, 1.82) is 0 Å². The molecule has 3 N–H and O–H groups in total. The molecule has 2 rings (SSSR count). The van der Waals surface area contributed by atoms with Crippen LogP contribution in [-0.2, 0) is 10.5 Å². The van der Waals surface area contributed by atoms with Crippen molar-refractivity contribution < 1.29 is 4.79 Å². The van der Waals surface area contributed by atoms with Crippen LogP contribution in [0, 0.1) is 6.92 Å². The minimum Gasteiger partial charge on any atom is -0.368 e. The second-order valence-corrected chi connectivity index (χ2v) is 7.30. The Morgan fingerprint density at radius 3 is 2.76 bits per heavy atom. The van der Waals surface area contributed by atoms with Gasteiger partial charge in [0.2, 0.25) is 5.91 Å². The number of nitrogens with one attached hydrogen (secondary N) is 1. The fourth-order valence-corrected chi connectivity index (χ4v) is 3.46. The maximum Gasteiger partial charge on any atom is 0.237 e. The van der Waals surface area contributed by atoms with E-state index in [1.807, 2.05) is 18.7 Å². The van der Waals surface area contributed by atoms with Gasteiger partial charge in [-0.2, -0.15) is 11.8 Å². The van der Waals surface area contributed by atoms with Crippen molar-refractivity contribution in [3.05, 3.63) is 35.4 Å². The number of carbonyl (C=O) groups excluding carboxylic acids is 1. The molecule has 0 heterocycles. The molecule has 0 radical (unpaired) electrons. The van der Waals surface area contributed by atoms with E-state index in [2.05, 4.69) is 36.5 Å². The van der Waals surface area contributed by atoms with E-state index >= 15 is 0 Å². The Hall–Kier alpha value is -1.00. The summed E-state index contributed by atoms with van der Waals surface area (Å²) in [6.07, 6.45) is 4.17. The molecule has 1 aliphatic rings.